The summed E-state index contributed by atoms with van der Waals surface area (Å²) in [6.07, 6.45) is 2.68. The van der Waals surface area contributed by atoms with Crippen LogP contribution in [0, 0.1) is 5.92 Å². The number of likely N-dealkylation sites (tertiary alicyclic amines) is 1. The molecule has 0 aliphatic carbocycles. The van der Waals surface area contributed by atoms with Gasteiger partial charge in [-0.2, -0.15) is 0 Å². The first-order valence-corrected chi connectivity index (χ1v) is 7.23. The van der Waals surface area contributed by atoms with Gasteiger partial charge in [-0.3, -0.25) is 4.90 Å². The van der Waals surface area contributed by atoms with Crippen molar-refractivity contribution in [2.45, 2.75) is 32.1 Å². The summed E-state index contributed by atoms with van der Waals surface area (Å²) >= 11 is 0. The van der Waals surface area contributed by atoms with Crippen LogP contribution in [-0.4, -0.2) is 31.7 Å². The van der Waals surface area contributed by atoms with Gasteiger partial charge in [0.15, 0.2) is 0 Å². The van der Waals surface area contributed by atoms with E-state index in [1.165, 1.54) is 37.1 Å². The maximum atomic E-state index is 5.55. The van der Waals surface area contributed by atoms with Gasteiger partial charge in [-0.25, -0.2) is 0 Å². The van der Waals surface area contributed by atoms with Crippen molar-refractivity contribution in [3.8, 4) is 0 Å². The zero-order chi connectivity index (χ0) is 13.3. The summed E-state index contributed by atoms with van der Waals surface area (Å²) < 4.78 is 11.1. The van der Waals surface area contributed by atoms with Crippen LogP contribution in [0.1, 0.15) is 30.9 Å². The third kappa shape index (κ3) is 2.69. The van der Waals surface area contributed by atoms with Crippen LogP contribution in [-0.2, 0) is 21.8 Å². The van der Waals surface area contributed by atoms with Gasteiger partial charge in [0.2, 0.25) is 5.79 Å². The summed E-state index contributed by atoms with van der Waals surface area (Å²) in [5, 5.41) is 0. The minimum atomic E-state index is -0.460. The van der Waals surface area contributed by atoms with E-state index in [1.54, 1.807) is 7.11 Å². The first-order chi connectivity index (χ1) is 9.23. The largest absolute Gasteiger partial charge is 0.347 e. The molecule has 1 unspecified atom stereocenters. The Morgan fingerprint density at radius 2 is 2.21 bits per heavy atom. The number of ether oxygens (including phenoxy) is 2. The second-order valence-electron chi connectivity index (χ2n) is 5.89. The molecule has 0 radical (unpaired) electrons. The molecule has 2 aliphatic heterocycles. The highest BCUT2D eigenvalue weighted by atomic mass is 16.8. The van der Waals surface area contributed by atoms with Crippen LogP contribution < -0.4 is 0 Å². The zero-order valence-corrected chi connectivity index (χ0v) is 11.9. The molecule has 104 valence electrons. The van der Waals surface area contributed by atoms with Gasteiger partial charge in [0.05, 0.1) is 0 Å². The molecule has 3 nitrogen and oxygen atoms in total. The van der Waals surface area contributed by atoms with Gasteiger partial charge in [0.1, 0.15) is 6.61 Å². The second kappa shape index (κ2) is 5.23. The molecule has 3 rings (SSSR count). The standard InChI is InChI=1S/C16H23NO2/c1-13-6-5-9-17(10-13)11-14-7-3-4-8-15(14)16(18-2)12-19-16/h3-4,7-8,13H,5-6,9-12H2,1-2H3/t13-,16?/m1/s1. The van der Waals surface area contributed by atoms with Crippen LogP contribution in [0.5, 0.6) is 0 Å². The van der Waals surface area contributed by atoms with Crippen LogP contribution in [0.25, 0.3) is 0 Å². The highest BCUT2D eigenvalue weighted by Crippen LogP contribution is 2.41. The number of hydrogen-bond donors (Lipinski definition) is 0. The van der Waals surface area contributed by atoms with Gasteiger partial charge >= 0.3 is 0 Å². The second-order valence-corrected chi connectivity index (χ2v) is 5.89. The van der Waals surface area contributed by atoms with Gasteiger partial charge < -0.3 is 9.47 Å². The van der Waals surface area contributed by atoms with E-state index >= 15 is 0 Å². The molecule has 1 aromatic rings. The van der Waals surface area contributed by atoms with Gasteiger partial charge in [-0.15, -0.1) is 0 Å². The fraction of sp³-hybridized carbons (Fsp3) is 0.625. The molecule has 0 spiro atoms. The smallest absolute Gasteiger partial charge is 0.219 e. The van der Waals surface area contributed by atoms with Crippen LogP contribution in [0.3, 0.4) is 0 Å². The molecule has 2 fully saturated rings. The highest BCUT2D eigenvalue weighted by molar-refractivity contribution is 5.33. The van der Waals surface area contributed by atoms with Crippen molar-refractivity contribution in [3.63, 3.8) is 0 Å². The molecule has 2 aliphatic rings. The SMILES string of the molecule is COC1(c2ccccc2CN2CCC[C@@H](C)C2)CO1. The summed E-state index contributed by atoms with van der Waals surface area (Å²) in [4.78, 5) is 2.55. The average Bonchev–Trinajstić information content (AvgIpc) is 3.20. The van der Waals surface area contributed by atoms with Crippen LogP contribution in [0.4, 0.5) is 0 Å². The summed E-state index contributed by atoms with van der Waals surface area (Å²) in [7, 11) is 1.73. The van der Waals surface area contributed by atoms with Crippen molar-refractivity contribution < 1.29 is 9.47 Å². The molecule has 2 atom stereocenters. The molecule has 3 heteroatoms. The number of nitrogens with zero attached hydrogens (tertiary/aromatic N) is 1. The van der Waals surface area contributed by atoms with Gasteiger partial charge in [-0.05, 0) is 30.9 Å². The molecule has 0 amide bonds. The van der Waals surface area contributed by atoms with Crippen LogP contribution >= 0.6 is 0 Å². The summed E-state index contributed by atoms with van der Waals surface area (Å²) in [5.74, 6) is 0.354. The maximum Gasteiger partial charge on any atom is 0.219 e. The van der Waals surface area contributed by atoms with Crippen molar-refractivity contribution >= 4 is 0 Å². The molecule has 2 saturated heterocycles. The maximum absolute atomic E-state index is 5.55. The summed E-state index contributed by atoms with van der Waals surface area (Å²) in [6, 6.07) is 8.52. The van der Waals surface area contributed by atoms with E-state index in [0.29, 0.717) is 6.61 Å². The minimum absolute atomic E-state index is 0.460. The Balaban J connectivity index is 1.77. The van der Waals surface area contributed by atoms with Crippen molar-refractivity contribution in [1.29, 1.82) is 0 Å². The number of hydrogen-bond acceptors (Lipinski definition) is 3. The average molecular weight is 261 g/mol. The Bertz CT molecular complexity index is 442. The van der Waals surface area contributed by atoms with Crippen LogP contribution in [0.2, 0.25) is 0 Å². The Morgan fingerprint density at radius 1 is 1.42 bits per heavy atom. The molecular weight excluding hydrogens is 238 g/mol. The molecule has 1 aromatic carbocycles. The van der Waals surface area contributed by atoms with E-state index in [4.69, 9.17) is 9.47 Å². The lowest BCUT2D eigenvalue weighted by Gasteiger charge is -2.31. The van der Waals surface area contributed by atoms with E-state index in [9.17, 15) is 0 Å². The van der Waals surface area contributed by atoms with Crippen molar-refractivity contribution in [1.82, 2.24) is 4.90 Å². The van der Waals surface area contributed by atoms with Crippen molar-refractivity contribution in [2.24, 2.45) is 5.92 Å². The lowest BCUT2D eigenvalue weighted by Crippen LogP contribution is -2.34. The topological polar surface area (TPSA) is 25.0 Å². The Kier molecular flexibility index (Phi) is 3.61. The number of rotatable bonds is 4. The van der Waals surface area contributed by atoms with E-state index in [2.05, 4.69) is 36.1 Å². The monoisotopic (exact) mass is 261 g/mol. The van der Waals surface area contributed by atoms with Crippen molar-refractivity contribution in [3.05, 3.63) is 35.4 Å². The zero-order valence-electron chi connectivity index (χ0n) is 11.9. The van der Waals surface area contributed by atoms with Gasteiger partial charge in [0, 0.05) is 25.8 Å². The van der Waals surface area contributed by atoms with Gasteiger partial charge in [-0.1, -0.05) is 31.2 Å². The molecule has 0 saturated carbocycles. The highest BCUT2D eigenvalue weighted by Gasteiger charge is 2.48. The molecule has 0 N–H and O–H groups in total. The first-order valence-electron chi connectivity index (χ1n) is 7.23. The first kappa shape index (κ1) is 13.1. The fourth-order valence-corrected chi connectivity index (χ4v) is 3.15. The number of methoxy groups -OCH3 is 1. The summed E-state index contributed by atoms with van der Waals surface area (Å²) in [5.41, 5.74) is 2.55. The molecular formula is C16H23NO2. The third-order valence-electron chi connectivity index (χ3n) is 4.30. The quantitative estimate of drug-likeness (QED) is 0.779. The minimum Gasteiger partial charge on any atom is -0.347 e. The van der Waals surface area contributed by atoms with E-state index in [-0.39, 0.29) is 0 Å². The Hall–Kier alpha value is -0.900. The van der Waals surface area contributed by atoms with E-state index < -0.39 is 5.79 Å². The fourth-order valence-electron chi connectivity index (χ4n) is 3.15. The molecule has 0 bridgehead atoms. The normalized spacial score (nSPS) is 31.4. The predicted octanol–water partition coefficient (Wildman–Crippen LogP) is 2.75. The molecule has 2 heterocycles. The summed E-state index contributed by atoms with van der Waals surface area (Å²) in [6.45, 7) is 6.44. The number of piperidine rings is 1. The van der Waals surface area contributed by atoms with Crippen molar-refractivity contribution in [2.75, 3.05) is 26.8 Å². The lowest BCUT2D eigenvalue weighted by molar-refractivity contribution is -0.0150. The lowest BCUT2D eigenvalue weighted by atomic mass is 9.97. The van der Waals surface area contributed by atoms with Crippen LogP contribution in [0.15, 0.2) is 24.3 Å². The van der Waals surface area contributed by atoms with Gasteiger partial charge in [0.25, 0.3) is 0 Å². The van der Waals surface area contributed by atoms with E-state index in [1.807, 2.05) is 0 Å². The number of epoxide rings is 1. The Labute approximate surface area is 115 Å². The molecule has 19 heavy (non-hydrogen) atoms. The third-order valence-corrected chi connectivity index (χ3v) is 4.30. The number of benzene rings is 1. The Morgan fingerprint density at radius 3 is 2.89 bits per heavy atom. The van der Waals surface area contributed by atoms with E-state index in [0.717, 1.165) is 12.5 Å². The molecule has 0 aromatic heterocycles. The predicted molar refractivity (Wildman–Crippen MR) is 74.8 cm³/mol.